The lowest BCUT2D eigenvalue weighted by Gasteiger charge is -2.33. The van der Waals surface area contributed by atoms with Crippen molar-refractivity contribution in [3.05, 3.63) is 35.4 Å². The third-order valence-electron chi connectivity index (χ3n) is 4.97. The molecule has 4 rings (SSSR count). The molecule has 2 aromatic heterocycles. The summed E-state index contributed by atoms with van der Waals surface area (Å²) >= 11 is 0. The van der Waals surface area contributed by atoms with Gasteiger partial charge in [-0.2, -0.15) is 5.10 Å². The Bertz CT molecular complexity index is 790. The molecule has 1 amide bonds. The average Bonchev–Trinajstić information content (AvgIpc) is 3.17. The van der Waals surface area contributed by atoms with Crippen molar-refractivity contribution in [1.29, 1.82) is 0 Å². The topological polar surface area (TPSA) is 85.2 Å². The normalized spacial score (nSPS) is 19.9. The number of carbonyl (C=O) groups excluding carboxylic acids is 1. The molecule has 0 saturated carbocycles. The van der Waals surface area contributed by atoms with Gasteiger partial charge in [0.15, 0.2) is 0 Å². The monoisotopic (exact) mass is 356 g/mol. The highest BCUT2D eigenvalue weighted by Crippen LogP contribution is 2.20. The van der Waals surface area contributed by atoms with Crippen LogP contribution >= 0.6 is 0 Å². The molecule has 2 aromatic rings. The van der Waals surface area contributed by atoms with E-state index in [2.05, 4.69) is 20.3 Å². The first-order valence-electron chi connectivity index (χ1n) is 9.24. The number of hydrogen-bond acceptors (Lipinski definition) is 6. The number of piperidine rings is 1. The van der Waals surface area contributed by atoms with Crippen molar-refractivity contribution in [2.24, 2.45) is 0 Å². The number of aryl methyl sites for hydroxylation is 1. The molecule has 0 bridgehead atoms. The van der Waals surface area contributed by atoms with Crippen molar-refractivity contribution in [3.8, 4) is 0 Å². The summed E-state index contributed by atoms with van der Waals surface area (Å²) in [4.78, 5) is 24.0. The van der Waals surface area contributed by atoms with E-state index in [0.717, 1.165) is 49.6 Å². The van der Waals surface area contributed by atoms with E-state index >= 15 is 0 Å². The Balaban J connectivity index is 1.43. The molecule has 2 aliphatic rings. The van der Waals surface area contributed by atoms with E-state index in [0.29, 0.717) is 25.5 Å². The summed E-state index contributed by atoms with van der Waals surface area (Å²) in [5, 5.41) is 7.31. The number of aromatic nitrogens is 4. The third-order valence-corrected chi connectivity index (χ3v) is 4.97. The second-order valence-electron chi connectivity index (χ2n) is 6.74. The van der Waals surface area contributed by atoms with Crippen LogP contribution in [0.4, 0.5) is 5.95 Å². The number of rotatable bonds is 4. The maximum atomic E-state index is 12.6. The van der Waals surface area contributed by atoms with E-state index in [9.17, 15) is 4.79 Å². The molecule has 4 heterocycles. The molecule has 1 unspecified atom stereocenters. The van der Waals surface area contributed by atoms with Crippen LogP contribution in [0.15, 0.2) is 18.5 Å². The summed E-state index contributed by atoms with van der Waals surface area (Å²) in [6.45, 7) is 5.60. The van der Waals surface area contributed by atoms with Crippen molar-refractivity contribution in [2.75, 3.05) is 24.6 Å². The van der Waals surface area contributed by atoms with Gasteiger partial charge < -0.3 is 15.0 Å². The first-order chi connectivity index (χ1) is 12.7. The fourth-order valence-corrected chi connectivity index (χ4v) is 3.59. The zero-order valence-electron chi connectivity index (χ0n) is 15.0. The predicted molar refractivity (Wildman–Crippen MR) is 96.0 cm³/mol. The molecule has 1 saturated heterocycles. The number of carbonyl (C=O) groups is 1. The Morgan fingerprint density at radius 3 is 3.27 bits per heavy atom. The summed E-state index contributed by atoms with van der Waals surface area (Å²) in [7, 11) is 0. The Labute approximate surface area is 152 Å². The number of anilines is 1. The van der Waals surface area contributed by atoms with Crippen molar-refractivity contribution in [1.82, 2.24) is 25.1 Å². The second-order valence-corrected chi connectivity index (χ2v) is 6.74. The van der Waals surface area contributed by atoms with Gasteiger partial charge in [-0.15, -0.1) is 0 Å². The van der Waals surface area contributed by atoms with Gasteiger partial charge in [-0.25, -0.2) is 9.97 Å². The Morgan fingerprint density at radius 1 is 1.46 bits per heavy atom. The van der Waals surface area contributed by atoms with Crippen LogP contribution in [-0.2, 0) is 24.3 Å². The van der Waals surface area contributed by atoms with Gasteiger partial charge in [-0.05, 0) is 25.8 Å². The lowest BCUT2D eigenvalue weighted by molar-refractivity contribution is 0.0922. The molecule has 138 valence electrons. The van der Waals surface area contributed by atoms with E-state index in [1.807, 2.05) is 13.1 Å². The molecule has 0 aliphatic carbocycles. The standard InChI is InChI=1S/C18H24N6O2/c1-2-24-16(5-7-20-24)17(25)21-14-4-3-8-23(11-14)18-19-10-13-12-26-9-6-15(13)22-18/h5,7,10,14H,2-4,6,8-9,11-12H2,1H3,(H,21,25). The molecular weight excluding hydrogens is 332 g/mol. The first kappa shape index (κ1) is 17.0. The SMILES string of the molecule is CCn1nccc1C(=O)NC1CCCN(c2ncc3c(n2)CCOC3)C1. The van der Waals surface area contributed by atoms with Gasteiger partial charge in [-0.3, -0.25) is 9.48 Å². The quantitative estimate of drug-likeness (QED) is 0.885. The average molecular weight is 356 g/mol. The number of nitrogens with zero attached hydrogens (tertiary/aromatic N) is 5. The van der Waals surface area contributed by atoms with E-state index < -0.39 is 0 Å². The van der Waals surface area contributed by atoms with Crippen molar-refractivity contribution >= 4 is 11.9 Å². The Kier molecular flexibility index (Phi) is 4.83. The molecule has 8 heteroatoms. The first-order valence-corrected chi connectivity index (χ1v) is 9.24. The summed E-state index contributed by atoms with van der Waals surface area (Å²) < 4.78 is 7.16. The predicted octanol–water partition coefficient (Wildman–Crippen LogP) is 1.16. The second kappa shape index (κ2) is 7.41. The van der Waals surface area contributed by atoms with E-state index in [4.69, 9.17) is 9.72 Å². The molecule has 1 N–H and O–H groups in total. The lowest BCUT2D eigenvalue weighted by atomic mass is 10.1. The summed E-state index contributed by atoms with van der Waals surface area (Å²) in [5.74, 6) is 0.683. The zero-order chi connectivity index (χ0) is 17.9. The minimum atomic E-state index is -0.0697. The summed E-state index contributed by atoms with van der Waals surface area (Å²) in [6, 6.07) is 1.84. The largest absolute Gasteiger partial charge is 0.376 e. The molecule has 0 radical (unpaired) electrons. The van der Waals surface area contributed by atoms with Crippen molar-refractivity contribution < 1.29 is 9.53 Å². The number of nitrogens with one attached hydrogen (secondary N) is 1. The van der Waals surface area contributed by atoms with Crippen LogP contribution in [0.25, 0.3) is 0 Å². The van der Waals surface area contributed by atoms with Crippen LogP contribution in [0.5, 0.6) is 0 Å². The van der Waals surface area contributed by atoms with Crippen molar-refractivity contribution in [3.63, 3.8) is 0 Å². The number of fused-ring (bicyclic) bond motifs is 1. The van der Waals surface area contributed by atoms with Crippen LogP contribution < -0.4 is 10.2 Å². The minimum Gasteiger partial charge on any atom is -0.376 e. The van der Waals surface area contributed by atoms with Gasteiger partial charge >= 0.3 is 0 Å². The van der Waals surface area contributed by atoms with Gasteiger partial charge in [-0.1, -0.05) is 0 Å². The maximum Gasteiger partial charge on any atom is 0.269 e. The van der Waals surface area contributed by atoms with E-state index in [1.165, 1.54) is 0 Å². The molecule has 8 nitrogen and oxygen atoms in total. The fourth-order valence-electron chi connectivity index (χ4n) is 3.59. The number of amides is 1. The van der Waals surface area contributed by atoms with Gasteiger partial charge in [0.2, 0.25) is 5.95 Å². The molecule has 0 aromatic carbocycles. The van der Waals surface area contributed by atoms with Crippen LogP contribution in [0.3, 0.4) is 0 Å². The number of hydrogen-bond donors (Lipinski definition) is 1. The molecule has 2 aliphatic heterocycles. The highest BCUT2D eigenvalue weighted by molar-refractivity contribution is 5.92. The Hall–Kier alpha value is -2.48. The third kappa shape index (κ3) is 3.41. The Morgan fingerprint density at radius 2 is 2.38 bits per heavy atom. The lowest BCUT2D eigenvalue weighted by Crippen LogP contribution is -2.48. The summed E-state index contributed by atoms with van der Waals surface area (Å²) in [5.41, 5.74) is 2.77. The summed E-state index contributed by atoms with van der Waals surface area (Å²) in [6.07, 6.45) is 6.33. The van der Waals surface area contributed by atoms with Crippen LogP contribution in [-0.4, -0.2) is 51.4 Å². The van der Waals surface area contributed by atoms with Gasteiger partial charge in [0, 0.05) is 50.1 Å². The van der Waals surface area contributed by atoms with E-state index in [1.54, 1.807) is 16.9 Å². The molecule has 1 fully saturated rings. The molecule has 26 heavy (non-hydrogen) atoms. The number of ether oxygens (including phenoxy) is 1. The smallest absolute Gasteiger partial charge is 0.269 e. The van der Waals surface area contributed by atoms with E-state index in [-0.39, 0.29) is 11.9 Å². The minimum absolute atomic E-state index is 0.0697. The van der Waals surface area contributed by atoms with Crippen LogP contribution in [0, 0.1) is 0 Å². The zero-order valence-corrected chi connectivity index (χ0v) is 15.0. The van der Waals surface area contributed by atoms with Gasteiger partial charge in [0.05, 0.1) is 18.9 Å². The molecule has 0 spiro atoms. The van der Waals surface area contributed by atoms with Crippen LogP contribution in [0.2, 0.25) is 0 Å². The van der Waals surface area contributed by atoms with Gasteiger partial charge in [0.1, 0.15) is 5.69 Å². The van der Waals surface area contributed by atoms with Gasteiger partial charge in [0.25, 0.3) is 5.91 Å². The molecular formula is C18H24N6O2. The van der Waals surface area contributed by atoms with Crippen molar-refractivity contribution in [2.45, 2.75) is 45.4 Å². The fraction of sp³-hybridized carbons (Fsp3) is 0.556. The highest BCUT2D eigenvalue weighted by Gasteiger charge is 2.25. The highest BCUT2D eigenvalue weighted by atomic mass is 16.5. The maximum absolute atomic E-state index is 12.6. The van der Waals surface area contributed by atoms with Crippen LogP contribution in [0.1, 0.15) is 41.5 Å². The molecule has 1 atom stereocenters.